The Bertz CT molecular complexity index is 369. The molecule has 0 radical (unpaired) electrons. The van der Waals surface area contributed by atoms with Gasteiger partial charge >= 0.3 is 0 Å². The van der Waals surface area contributed by atoms with Crippen LogP contribution in [0.2, 0.25) is 0 Å². The van der Waals surface area contributed by atoms with Gasteiger partial charge in [-0.25, -0.2) is 0 Å². The van der Waals surface area contributed by atoms with Crippen molar-refractivity contribution in [1.29, 1.82) is 0 Å². The van der Waals surface area contributed by atoms with Gasteiger partial charge in [-0.1, -0.05) is 6.07 Å². The first-order valence-electron chi connectivity index (χ1n) is 6.27. The molecular formula is C13H21ClN2OS. The molecule has 2 atom stereocenters. The van der Waals surface area contributed by atoms with Gasteiger partial charge in [0, 0.05) is 23.4 Å². The fourth-order valence-corrected chi connectivity index (χ4v) is 3.15. The van der Waals surface area contributed by atoms with Gasteiger partial charge in [-0.2, -0.15) is 0 Å². The van der Waals surface area contributed by atoms with E-state index in [0.29, 0.717) is 0 Å². The van der Waals surface area contributed by atoms with E-state index >= 15 is 0 Å². The summed E-state index contributed by atoms with van der Waals surface area (Å²) in [5.74, 6) is 0.443. The SMILES string of the molecule is CCN(Cc1cccs1)C(=O)C1CCC(N)C1.Cl. The number of hydrogen-bond acceptors (Lipinski definition) is 3. The van der Waals surface area contributed by atoms with Crippen LogP contribution in [0, 0.1) is 5.92 Å². The number of rotatable bonds is 4. The lowest BCUT2D eigenvalue weighted by Gasteiger charge is -2.23. The highest BCUT2D eigenvalue weighted by molar-refractivity contribution is 7.09. The summed E-state index contributed by atoms with van der Waals surface area (Å²) in [5.41, 5.74) is 5.87. The monoisotopic (exact) mass is 288 g/mol. The minimum atomic E-state index is 0. The molecule has 1 aliphatic rings. The van der Waals surface area contributed by atoms with Gasteiger partial charge in [0.05, 0.1) is 6.54 Å². The third kappa shape index (κ3) is 3.70. The minimum Gasteiger partial charge on any atom is -0.338 e. The maximum absolute atomic E-state index is 12.3. The molecule has 1 saturated carbocycles. The lowest BCUT2D eigenvalue weighted by atomic mass is 10.1. The van der Waals surface area contributed by atoms with Crippen LogP contribution in [0.1, 0.15) is 31.1 Å². The first-order chi connectivity index (χ1) is 8.20. The highest BCUT2D eigenvalue weighted by atomic mass is 35.5. The van der Waals surface area contributed by atoms with Crippen molar-refractivity contribution in [2.45, 2.75) is 38.8 Å². The van der Waals surface area contributed by atoms with E-state index in [9.17, 15) is 4.79 Å². The maximum atomic E-state index is 12.3. The number of amides is 1. The molecule has 1 fully saturated rings. The van der Waals surface area contributed by atoms with Crippen molar-refractivity contribution in [2.24, 2.45) is 11.7 Å². The van der Waals surface area contributed by atoms with Crippen molar-refractivity contribution >= 4 is 29.7 Å². The Hall–Kier alpha value is -0.580. The van der Waals surface area contributed by atoms with Gasteiger partial charge in [-0.3, -0.25) is 4.79 Å². The molecule has 2 rings (SSSR count). The second kappa shape index (κ2) is 7.12. The first-order valence-corrected chi connectivity index (χ1v) is 7.15. The molecule has 3 nitrogen and oxygen atoms in total. The van der Waals surface area contributed by atoms with Crippen LogP contribution in [0.15, 0.2) is 17.5 Å². The van der Waals surface area contributed by atoms with Crippen LogP contribution in [-0.2, 0) is 11.3 Å². The molecule has 102 valence electrons. The normalized spacial score (nSPS) is 22.6. The standard InChI is InChI=1S/C13H20N2OS.ClH/c1-2-15(9-12-4-3-7-17-12)13(16)10-5-6-11(14)8-10;/h3-4,7,10-11H,2,5-6,8-9,14H2,1H3;1H. The summed E-state index contributed by atoms with van der Waals surface area (Å²) in [7, 11) is 0. The third-order valence-electron chi connectivity index (χ3n) is 3.44. The Morgan fingerprint density at radius 3 is 2.83 bits per heavy atom. The zero-order valence-electron chi connectivity index (χ0n) is 10.7. The molecule has 1 aliphatic carbocycles. The predicted molar refractivity (Wildman–Crippen MR) is 78.0 cm³/mol. The Morgan fingerprint density at radius 1 is 1.56 bits per heavy atom. The predicted octanol–water partition coefficient (Wildman–Crippen LogP) is 2.65. The van der Waals surface area contributed by atoms with E-state index in [1.165, 1.54) is 4.88 Å². The van der Waals surface area contributed by atoms with E-state index in [1.54, 1.807) is 11.3 Å². The molecule has 0 saturated heterocycles. The van der Waals surface area contributed by atoms with Crippen LogP contribution in [0.4, 0.5) is 0 Å². The van der Waals surface area contributed by atoms with Crippen molar-refractivity contribution in [3.8, 4) is 0 Å². The van der Waals surface area contributed by atoms with E-state index in [-0.39, 0.29) is 30.3 Å². The number of carbonyl (C=O) groups is 1. The molecule has 0 aliphatic heterocycles. The van der Waals surface area contributed by atoms with E-state index in [0.717, 1.165) is 32.4 Å². The molecule has 1 aromatic heterocycles. The zero-order valence-corrected chi connectivity index (χ0v) is 12.3. The van der Waals surface area contributed by atoms with E-state index < -0.39 is 0 Å². The average Bonchev–Trinajstić information content (AvgIpc) is 2.96. The van der Waals surface area contributed by atoms with Crippen LogP contribution in [0.5, 0.6) is 0 Å². The summed E-state index contributed by atoms with van der Waals surface area (Å²) in [6, 6.07) is 4.34. The van der Waals surface area contributed by atoms with E-state index in [1.807, 2.05) is 17.9 Å². The first kappa shape index (κ1) is 15.5. The molecule has 2 N–H and O–H groups in total. The number of nitrogens with zero attached hydrogens (tertiary/aromatic N) is 1. The van der Waals surface area contributed by atoms with Gasteiger partial charge in [0.25, 0.3) is 0 Å². The number of nitrogens with two attached hydrogens (primary N) is 1. The summed E-state index contributed by atoms with van der Waals surface area (Å²) >= 11 is 1.71. The maximum Gasteiger partial charge on any atom is 0.226 e. The molecule has 0 aromatic carbocycles. The smallest absolute Gasteiger partial charge is 0.226 e. The second-order valence-corrected chi connectivity index (χ2v) is 5.73. The summed E-state index contributed by atoms with van der Waals surface area (Å²) in [4.78, 5) is 15.5. The van der Waals surface area contributed by atoms with Crippen molar-refractivity contribution in [3.05, 3.63) is 22.4 Å². The van der Waals surface area contributed by atoms with Gasteiger partial charge in [0.15, 0.2) is 0 Å². The Morgan fingerprint density at radius 2 is 2.33 bits per heavy atom. The lowest BCUT2D eigenvalue weighted by Crippen LogP contribution is -2.35. The van der Waals surface area contributed by atoms with Gasteiger partial charge in [-0.15, -0.1) is 23.7 Å². The van der Waals surface area contributed by atoms with E-state index in [2.05, 4.69) is 11.4 Å². The van der Waals surface area contributed by atoms with E-state index in [4.69, 9.17) is 5.73 Å². The largest absolute Gasteiger partial charge is 0.338 e. The van der Waals surface area contributed by atoms with Gasteiger partial charge in [-0.05, 0) is 37.6 Å². The number of carbonyl (C=O) groups excluding carboxylic acids is 1. The fraction of sp³-hybridized carbons (Fsp3) is 0.615. The minimum absolute atomic E-state index is 0. The molecule has 1 amide bonds. The molecule has 0 bridgehead atoms. The Kier molecular flexibility index (Phi) is 6.12. The second-order valence-electron chi connectivity index (χ2n) is 4.70. The van der Waals surface area contributed by atoms with Crippen molar-refractivity contribution < 1.29 is 4.79 Å². The summed E-state index contributed by atoms with van der Waals surface area (Å²) in [6.07, 6.45) is 2.81. The molecule has 1 aromatic rings. The topological polar surface area (TPSA) is 46.3 Å². The molecule has 18 heavy (non-hydrogen) atoms. The molecule has 2 unspecified atom stereocenters. The Labute approximate surface area is 119 Å². The lowest BCUT2D eigenvalue weighted by molar-refractivity contribution is -0.135. The number of hydrogen-bond donors (Lipinski definition) is 1. The summed E-state index contributed by atoms with van der Waals surface area (Å²) < 4.78 is 0. The molecule has 1 heterocycles. The van der Waals surface area contributed by atoms with Crippen molar-refractivity contribution in [3.63, 3.8) is 0 Å². The number of thiophene rings is 1. The van der Waals surface area contributed by atoms with Gasteiger partial charge < -0.3 is 10.6 Å². The quantitative estimate of drug-likeness (QED) is 0.926. The molecule has 5 heteroatoms. The fourth-order valence-electron chi connectivity index (χ4n) is 2.44. The van der Waals surface area contributed by atoms with Crippen LogP contribution in [-0.4, -0.2) is 23.4 Å². The molecule has 0 spiro atoms. The van der Waals surface area contributed by atoms with Crippen LogP contribution < -0.4 is 5.73 Å². The van der Waals surface area contributed by atoms with Crippen molar-refractivity contribution in [1.82, 2.24) is 4.90 Å². The number of halogens is 1. The highest BCUT2D eigenvalue weighted by Crippen LogP contribution is 2.26. The van der Waals surface area contributed by atoms with Crippen molar-refractivity contribution in [2.75, 3.05) is 6.54 Å². The summed E-state index contributed by atoms with van der Waals surface area (Å²) in [6.45, 7) is 3.57. The van der Waals surface area contributed by atoms with Crippen LogP contribution in [0.25, 0.3) is 0 Å². The molecular weight excluding hydrogens is 268 g/mol. The van der Waals surface area contributed by atoms with Crippen LogP contribution >= 0.6 is 23.7 Å². The van der Waals surface area contributed by atoms with Crippen LogP contribution in [0.3, 0.4) is 0 Å². The summed E-state index contributed by atoms with van der Waals surface area (Å²) in [5, 5.41) is 2.05. The Balaban J connectivity index is 0.00000162. The highest BCUT2D eigenvalue weighted by Gasteiger charge is 2.30. The van der Waals surface area contributed by atoms with Gasteiger partial charge in [0.2, 0.25) is 5.91 Å². The zero-order chi connectivity index (χ0) is 12.3. The third-order valence-corrected chi connectivity index (χ3v) is 4.30. The van der Waals surface area contributed by atoms with Gasteiger partial charge in [0.1, 0.15) is 0 Å². The average molecular weight is 289 g/mol.